The number of rotatable bonds is 4. The van der Waals surface area contributed by atoms with Crippen LogP contribution in [-0.2, 0) is 14.3 Å². The van der Waals surface area contributed by atoms with Crippen LogP contribution in [0.4, 0.5) is 0 Å². The highest BCUT2D eigenvalue weighted by Gasteiger charge is 2.45. The molecule has 2 amide bonds. The summed E-state index contributed by atoms with van der Waals surface area (Å²) < 4.78 is 5.39. The zero-order chi connectivity index (χ0) is 14.9. The van der Waals surface area contributed by atoms with Gasteiger partial charge in [0.2, 0.25) is 11.8 Å². The molecule has 114 valence electrons. The van der Waals surface area contributed by atoms with Gasteiger partial charge in [-0.25, -0.2) is 0 Å². The summed E-state index contributed by atoms with van der Waals surface area (Å²) in [6.45, 7) is 9.79. The summed E-state index contributed by atoms with van der Waals surface area (Å²) in [6, 6.07) is -0.337. The van der Waals surface area contributed by atoms with Crippen LogP contribution in [0.5, 0.6) is 0 Å². The molecule has 2 heterocycles. The number of carbonyl (C=O) groups is 2. The first-order valence-electron chi connectivity index (χ1n) is 7.52. The van der Waals surface area contributed by atoms with Gasteiger partial charge in [-0.15, -0.1) is 0 Å². The molecular formula is C15H26N2O3. The Morgan fingerprint density at radius 2 is 2.10 bits per heavy atom. The molecule has 0 bridgehead atoms. The molecule has 2 aliphatic heterocycles. The van der Waals surface area contributed by atoms with Crippen LogP contribution in [0.1, 0.15) is 40.5 Å². The molecule has 2 atom stereocenters. The molecular weight excluding hydrogens is 256 g/mol. The molecule has 5 heteroatoms. The summed E-state index contributed by atoms with van der Waals surface area (Å²) in [7, 11) is 0. The van der Waals surface area contributed by atoms with E-state index in [0.717, 1.165) is 13.0 Å². The minimum Gasteiger partial charge on any atom is -0.381 e. The van der Waals surface area contributed by atoms with Gasteiger partial charge in [0.25, 0.3) is 0 Å². The molecule has 0 aromatic rings. The zero-order valence-electron chi connectivity index (χ0n) is 12.9. The first-order valence-corrected chi connectivity index (χ1v) is 7.52. The predicted octanol–water partition coefficient (Wildman–Crippen LogP) is 1.17. The van der Waals surface area contributed by atoms with Crippen LogP contribution in [0.2, 0.25) is 0 Å². The number of hydrogen-bond acceptors (Lipinski definition) is 3. The quantitative estimate of drug-likeness (QED) is 0.842. The highest BCUT2D eigenvalue weighted by atomic mass is 16.5. The zero-order valence-corrected chi connectivity index (χ0v) is 12.9. The molecule has 1 N–H and O–H groups in total. The molecule has 0 aromatic carbocycles. The van der Waals surface area contributed by atoms with Gasteiger partial charge in [0.05, 0.1) is 6.61 Å². The lowest BCUT2D eigenvalue weighted by atomic mass is 9.91. The number of hydrogen-bond donors (Lipinski definition) is 1. The van der Waals surface area contributed by atoms with Crippen molar-refractivity contribution in [2.24, 2.45) is 11.8 Å². The average molecular weight is 282 g/mol. The van der Waals surface area contributed by atoms with E-state index in [1.165, 1.54) is 0 Å². The Hall–Kier alpha value is -1.10. The number of carbonyl (C=O) groups excluding carboxylic acids is 2. The smallest absolute Gasteiger partial charge is 0.248 e. The SMILES string of the molecule is CC(C)CC1C(=O)NC(C)(C)C(=O)N1CC1CCOC1. The lowest BCUT2D eigenvalue weighted by Gasteiger charge is -2.44. The Kier molecular flexibility index (Phi) is 4.37. The number of piperazine rings is 1. The van der Waals surface area contributed by atoms with Crippen molar-refractivity contribution < 1.29 is 14.3 Å². The largest absolute Gasteiger partial charge is 0.381 e. The fourth-order valence-electron chi connectivity index (χ4n) is 2.98. The van der Waals surface area contributed by atoms with Crippen LogP contribution >= 0.6 is 0 Å². The van der Waals surface area contributed by atoms with Crippen LogP contribution in [0.15, 0.2) is 0 Å². The van der Waals surface area contributed by atoms with Gasteiger partial charge < -0.3 is 15.0 Å². The van der Waals surface area contributed by atoms with Gasteiger partial charge in [-0.3, -0.25) is 9.59 Å². The topological polar surface area (TPSA) is 58.6 Å². The van der Waals surface area contributed by atoms with E-state index in [1.807, 2.05) is 0 Å². The van der Waals surface area contributed by atoms with Gasteiger partial charge in [-0.1, -0.05) is 13.8 Å². The first-order chi connectivity index (χ1) is 9.31. The second kappa shape index (κ2) is 5.72. The van der Waals surface area contributed by atoms with E-state index in [-0.39, 0.29) is 17.9 Å². The Morgan fingerprint density at radius 1 is 1.40 bits per heavy atom. The summed E-state index contributed by atoms with van der Waals surface area (Å²) in [5.74, 6) is 0.731. The van der Waals surface area contributed by atoms with Crippen LogP contribution in [0.3, 0.4) is 0 Å². The fourth-order valence-corrected chi connectivity index (χ4v) is 2.98. The molecule has 2 saturated heterocycles. The minimum atomic E-state index is -0.802. The Bertz CT molecular complexity index is 387. The summed E-state index contributed by atoms with van der Waals surface area (Å²) in [6.07, 6.45) is 1.68. The average Bonchev–Trinajstić information content (AvgIpc) is 2.83. The van der Waals surface area contributed by atoms with E-state index in [0.29, 0.717) is 31.4 Å². The van der Waals surface area contributed by atoms with E-state index in [4.69, 9.17) is 4.74 Å². The standard InChI is InChI=1S/C15H26N2O3/c1-10(2)7-12-13(18)16-15(3,4)14(19)17(12)8-11-5-6-20-9-11/h10-12H,5-9H2,1-4H3,(H,16,18). The molecule has 2 fully saturated rings. The number of nitrogens with one attached hydrogen (secondary N) is 1. The molecule has 0 radical (unpaired) electrons. The maximum absolute atomic E-state index is 12.6. The maximum atomic E-state index is 12.6. The minimum absolute atomic E-state index is 0.0228. The monoisotopic (exact) mass is 282 g/mol. The second-order valence-corrected chi connectivity index (χ2v) is 6.95. The summed E-state index contributed by atoms with van der Waals surface area (Å²) in [4.78, 5) is 26.8. The Labute approximate surface area is 121 Å². The lowest BCUT2D eigenvalue weighted by molar-refractivity contribution is -0.154. The molecule has 0 spiro atoms. The van der Waals surface area contributed by atoms with Crippen LogP contribution in [-0.4, -0.2) is 48.1 Å². The number of amides is 2. The van der Waals surface area contributed by atoms with Gasteiger partial charge in [0.15, 0.2) is 0 Å². The van der Waals surface area contributed by atoms with Gasteiger partial charge in [-0.2, -0.15) is 0 Å². The molecule has 0 aromatic heterocycles. The van der Waals surface area contributed by atoms with Crippen molar-refractivity contribution in [3.05, 3.63) is 0 Å². The van der Waals surface area contributed by atoms with E-state index in [1.54, 1.807) is 18.7 Å². The maximum Gasteiger partial charge on any atom is 0.248 e. The fraction of sp³-hybridized carbons (Fsp3) is 0.867. The first kappa shape index (κ1) is 15.3. The third kappa shape index (κ3) is 3.14. The Balaban J connectivity index is 2.17. The van der Waals surface area contributed by atoms with E-state index >= 15 is 0 Å². The molecule has 2 rings (SSSR count). The van der Waals surface area contributed by atoms with E-state index in [2.05, 4.69) is 19.2 Å². The predicted molar refractivity (Wildman–Crippen MR) is 76.1 cm³/mol. The third-order valence-corrected chi connectivity index (χ3v) is 4.08. The van der Waals surface area contributed by atoms with Crippen molar-refractivity contribution in [2.75, 3.05) is 19.8 Å². The Morgan fingerprint density at radius 3 is 2.65 bits per heavy atom. The summed E-state index contributed by atoms with van der Waals surface area (Å²) >= 11 is 0. The van der Waals surface area contributed by atoms with Crippen molar-refractivity contribution in [2.45, 2.75) is 52.1 Å². The van der Waals surface area contributed by atoms with Gasteiger partial charge in [0.1, 0.15) is 11.6 Å². The molecule has 2 unspecified atom stereocenters. The van der Waals surface area contributed by atoms with E-state index in [9.17, 15) is 9.59 Å². The van der Waals surface area contributed by atoms with Crippen molar-refractivity contribution in [3.8, 4) is 0 Å². The highest BCUT2D eigenvalue weighted by molar-refractivity contribution is 5.99. The van der Waals surface area contributed by atoms with Gasteiger partial charge >= 0.3 is 0 Å². The normalized spacial score (nSPS) is 29.9. The summed E-state index contributed by atoms with van der Waals surface area (Å²) in [5.41, 5.74) is -0.802. The molecule has 0 aliphatic carbocycles. The lowest BCUT2D eigenvalue weighted by Crippen LogP contribution is -2.68. The molecule has 20 heavy (non-hydrogen) atoms. The van der Waals surface area contributed by atoms with Crippen molar-refractivity contribution in [1.82, 2.24) is 10.2 Å². The van der Waals surface area contributed by atoms with Gasteiger partial charge in [-0.05, 0) is 32.6 Å². The van der Waals surface area contributed by atoms with Crippen molar-refractivity contribution >= 4 is 11.8 Å². The number of ether oxygens (including phenoxy) is 1. The van der Waals surface area contributed by atoms with E-state index < -0.39 is 5.54 Å². The van der Waals surface area contributed by atoms with Crippen molar-refractivity contribution in [3.63, 3.8) is 0 Å². The van der Waals surface area contributed by atoms with Crippen LogP contribution in [0.25, 0.3) is 0 Å². The molecule has 0 saturated carbocycles. The van der Waals surface area contributed by atoms with Crippen molar-refractivity contribution in [1.29, 1.82) is 0 Å². The third-order valence-electron chi connectivity index (χ3n) is 4.08. The molecule has 2 aliphatic rings. The molecule has 5 nitrogen and oxygen atoms in total. The van der Waals surface area contributed by atoms with Crippen LogP contribution in [0, 0.1) is 11.8 Å². The number of nitrogens with zero attached hydrogens (tertiary/aromatic N) is 1. The summed E-state index contributed by atoms with van der Waals surface area (Å²) in [5, 5.41) is 2.85. The van der Waals surface area contributed by atoms with Crippen LogP contribution < -0.4 is 5.32 Å². The highest BCUT2D eigenvalue weighted by Crippen LogP contribution is 2.25. The second-order valence-electron chi connectivity index (χ2n) is 6.95. The van der Waals surface area contributed by atoms with Gasteiger partial charge in [0, 0.05) is 19.1 Å².